The van der Waals surface area contributed by atoms with Crippen LogP contribution >= 0.6 is 11.6 Å². The Hall–Kier alpha value is -2.77. The van der Waals surface area contributed by atoms with Gasteiger partial charge in [-0.05, 0) is 35.9 Å². The SMILES string of the molecule is COc1cc(C(=O)OCc2ccc(Cl)cc2)ccc1OCC(=O)N1CCOCC1. The molecule has 7 nitrogen and oxygen atoms in total. The number of amides is 1. The van der Waals surface area contributed by atoms with Gasteiger partial charge in [0.15, 0.2) is 18.1 Å². The van der Waals surface area contributed by atoms with Crippen molar-refractivity contribution in [1.82, 2.24) is 4.90 Å². The van der Waals surface area contributed by atoms with Crippen molar-refractivity contribution in [3.05, 3.63) is 58.6 Å². The molecule has 0 spiro atoms. The summed E-state index contributed by atoms with van der Waals surface area (Å²) in [5.74, 6) is 0.111. The second kappa shape index (κ2) is 10.1. The molecule has 0 saturated carbocycles. The van der Waals surface area contributed by atoms with Gasteiger partial charge in [0.2, 0.25) is 0 Å². The molecule has 1 saturated heterocycles. The van der Waals surface area contributed by atoms with E-state index in [1.54, 1.807) is 41.3 Å². The van der Waals surface area contributed by atoms with Gasteiger partial charge in [0.05, 0.1) is 25.9 Å². The Kier molecular flexibility index (Phi) is 7.32. The van der Waals surface area contributed by atoms with Gasteiger partial charge in [-0.1, -0.05) is 23.7 Å². The maximum Gasteiger partial charge on any atom is 0.338 e. The molecule has 2 aromatic carbocycles. The van der Waals surface area contributed by atoms with E-state index in [0.29, 0.717) is 48.4 Å². The van der Waals surface area contributed by atoms with Crippen molar-refractivity contribution >= 4 is 23.5 Å². The van der Waals surface area contributed by atoms with Crippen molar-refractivity contribution in [3.63, 3.8) is 0 Å². The van der Waals surface area contributed by atoms with Gasteiger partial charge in [-0.2, -0.15) is 0 Å². The Morgan fingerprint density at radius 2 is 1.79 bits per heavy atom. The first kappa shape index (κ1) is 21.0. The smallest absolute Gasteiger partial charge is 0.338 e. The zero-order valence-corrected chi connectivity index (χ0v) is 16.8. The van der Waals surface area contributed by atoms with Gasteiger partial charge in [-0.25, -0.2) is 4.79 Å². The number of rotatable bonds is 7. The lowest BCUT2D eigenvalue weighted by Crippen LogP contribution is -2.43. The number of hydrogen-bond acceptors (Lipinski definition) is 6. The average Bonchev–Trinajstić information content (AvgIpc) is 2.77. The lowest BCUT2D eigenvalue weighted by atomic mass is 10.2. The highest BCUT2D eigenvalue weighted by Crippen LogP contribution is 2.28. The standard InChI is InChI=1S/C21H22ClNO6/c1-26-19-12-16(21(25)29-13-15-2-5-17(22)6-3-15)4-7-18(19)28-14-20(24)23-8-10-27-11-9-23/h2-7,12H,8-11,13-14H2,1H3. The lowest BCUT2D eigenvalue weighted by Gasteiger charge is -2.26. The third kappa shape index (κ3) is 5.85. The minimum atomic E-state index is -0.491. The van der Waals surface area contributed by atoms with Crippen LogP contribution < -0.4 is 9.47 Å². The van der Waals surface area contributed by atoms with Crippen LogP contribution in [0.5, 0.6) is 11.5 Å². The van der Waals surface area contributed by atoms with E-state index in [-0.39, 0.29) is 19.1 Å². The van der Waals surface area contributed by atoms with E-state index >= 15 is 0 Å². The maximum atomic E-state index is 12.3. The average molecular weight is 420 g/mol. The van der Waals surface area contributed by atoms with E-state index < -0.39 is 5.97 Å². The third-order valence-electron chi connectivity index (χ3n) is 4.40. The molecule has 1 aliphatic rings. The first-order chi connectivity index (χ1) is 14.1. The lowest BCUT2D eigenvalue weighted by molar-refractivity contribution is -0.137. The van der Waals surface area contributed by atoms with Gasteiger partial charge in [-0.3, -0.25) is 4.79 Å². The van der Waals surface area contributed by atoms with Gasteiger partial charge in [0.1, 0.15) is 6.61 Å². The molecule has 1 amide bonds. The molecule has 1 fully saturated rings. The monoisotopic (exact) mass is 419 g/mol. The number of ether oxygens (including phenoxy) is 4. The van der Waals surface area contributed by atoms with E-state index in [1.807, 2.05) is 0 Å². The van der Waals surface area contributed by atoms with Crippen molar-refractivity contribution < 1.29 is 28.5 Å². The Morgan fingerprint density at radius 3 is 2.48 bits per heavy atom. The second-order valence-electron chi connectivity index (χ2n) is 6.35. The van der Waals surface area contributed by atoms with E-state index in [2.05, 4.69) is 0 Å². The summed E-state index contributed by atoms with van der Waals surface area (Å²) >= 11 is 5.84. The quantitative estimate of drug-likeness (QED) is 0.642. The molecule has 0 bridgehead atoms. The Bertz CT molecular complexity index is 849. The first-order valence-electron chi connectivity index (χ1n) is 9.15. The molecular weight excluding hydrogens is 398 g/mol. The fraction of sp³-hybridized carbons (Fsp3) is 0.333. The molecule has 0 N–H and O–H groups in total. The third-order valence-corrected chi connectivity index (χ3v) is 4.65. The van der Waals surface area contributed by atoms with Crippen molar-refractivity contribution in [2.45, 2.75) is 6.61 Å². The summed E-state index contributed by atoms with van der Waals surface area (Å²) in [5, 5.41) is 0.618. The normalized spacial score (nSPS) is 13.7. The molecule has 0 radical (unpaired) electrons. The number of benzene rings is 2. The summed E-state index contributed by atoms with van der Waals surface area (Å²) in [6, 6.07) is 11.7. The number of esters is 1. The van der Waals surface area contributed by atoms with Gasteiger partial charge in [-0.15, -0.1) is 0 Å². The molecule has 2 aromatic rings. The number of halogens is 1. The Morgan fingerprint density at radius 1 is 1.07 bits per heavy atom. The van der Waals surface area contributed by atoms with Crippen LogP contribution in [0.4, 0.5) is 0 Å². The van der Waals surface area contributed by atoms with Gasteiger partial charge >= 0.3 is 5.97 Å². The summed E-state index contributed by atoms with van der Waals surface area (Å²) < 4.78 is 21.4. The predicted molar refractivity (Wildman–Crippen MR) is 106 cm³/mol. The Labute approximate surface area is 174 Å². The van der Waals surface area contributed by atoms with Crippen LogP contribution in [0.25, 0.3) is 0 Å². The topological polar surface area (TPSA) is 74.3 Å². The molecule has 0 unspecified atom stereocenters. The van der Waals surface area contributed by atoms with E-state index in [4.69, 9.17) is 30.5 Å². The van der Waals surface area contributed by atoms with Crippen LogP contribution in [0.15, 0.2) is 42.5 Å². The van der Waals surface area contributed by atoms with Crippen LogP contribution in [-0.4, -0.2) is 56.8 Å². The van der Waals surface area contributed by atoms with Crippen LogP contribution in [-0.2, 0) is 20.9 Å². The van der Waals surface area contributed by atoms with Crippen molar-refractivity contribution in [2.24, 2.45) is 0 Å². The second-order valence-corrected chi connectivity index (χ2v) is 6.79. The molecule has 1 aliphatic heterocycles. The number of nitrogens with zero attached hydrogens (tertiary/aromatic N) is 1. The largest absolute Gasteiger partial charge is 0.493 e. The zero-order chi connectivity index (χ0) is 20.6. The van der Waals surface area contributed by atoms with Crippen molar-refractivity contribution in [2.75, 3.05) is 40.0 Å². The summed E-state index contributed by atoms with van der Waals surface area (Å²) in [6.07, 6.45) is 0. The molecule has 1 heterocycles. The summed E-state index contributed by atoms with van der Waals surface area (Å²) in [5.41, 5.74) is 1.15. The first-order valence-corrected chi connectivity index (χ1v) is 9.52. The van der Waals surface area contributed by atoms with Crippen LogP contribution in [0.1, 0.15) is 15.9 Å². The zero-order valence-electron chi connectivity index (χ0n) is 16.1. The predicted octanol–water partition coefficient (Wildman–Crippen LogP) is 2.94. The van der Waals surface area contributed by atoms with E-state index in [0.717, 1.165) is 5.56 Å². The molecule has 0 atom stereocenters. The molecule has 0 aromatic heterocycles. The minimum absolute atomic E-state index is 0.114. The summed E-state index contributed by atoms with van der Waals surface area (Å²) in [6.45, 7) is 2.18. The number of carbonyl (C=O) groups excluding carboxylic acids is 2. The van der Waals surface area contributed by atoms with Crippen molar-refractivity contribution in [1.29, 1.82) is 0 Å². The summed E-state index contributed by atoms with van der Waals surface area (Å²) in [7, 11) is 1.47. The molecule has 0 aliphatic carbocycles. The van der Waals surface area contributed by atoms with Crippen molar-refractivity contribution in [3.8, 4) is 11.5 Å². The summed E-state index contributed by atoms with van der Waals surface area (Å²) in [4.78, 5) is 26.2. The minimum Gasteiger partial charge on any atom is -0.493 e. The van der Waals surface area contributed by atoms with Crippen LogP contribution in [0, 0.1) is 0 Å². The van der Waals surface area contributed by atoms with Crippen LogP contribution in [0.2, 0.25) is 5.02 Å². The van der Waals surface area contributed by atoms with E-state index in [1.165, 1.54) is 13.2 Å². The van der Waals surface area contributed by atoms with Crippen LogP contribution in [0.3, 0.4) is 0 Å². The highest BCUT2D eigenvalue weighted by Gasteiger charge is 2.19. The molecule has 8 heteroatoms. The fourth-order valence-electron chi connectivity index (χ4n) is 2.77. The maximum absolute atomic E-state index is 12.3. The highest BCUT2D eigenvalue weighted by atomic mass is 35.5. The molecular formula is C21H22ClNO6. The molecule has 29 heavy (non-hydrogen) atoms. The number of carbonyl (C=O) groups is 2. The highest BCUT2D eigenvalue weighted by molar-refractivity contribution is 6.30. The fourth-order valence-corrected chi connectivity index (χ4v) is 2.90. The number of morpholine rings is 1. The molecule has 3 rings (SSSR count). The molecule has 154 valence electrons. The van der Waals surface area contributed by atoms with Gasteiger partial charge in [0.25, 0.3) is 5.91 Å². The number of methoxy groups -OCH3 is 1. The Balaban J connectivity index is 1.57. The van der Waals surface area contributed by atoms with Gasteiger partial charge in [0, 0.05) is 18.1 Å². The van der Waals surface area contributed by atoms with Gasteiger partial charge < -0.3 is 23.8 Å². The van der Waals surface area contributed by atoms with E-state index in [9.17, 15) is 9.59 Å². The number of hydrogen-bond donors (Lipinski definition) is 0.